The van der Waals surface area contributed by atoms with Gasteiger partial charge in [0, 0.05) is 13.1 Å². The molecule has 2 rings (SSSR count). The smallest absolute Gasteiger partial charge is 0.395 e. The fourth-order valence-electron chi connectivity index (χ4n) is 2.55. The van der Waals surface area contributed by atoms with Gasteiger partial charge in [-0.3, -0.25) is 19.7 Å². The fourth-order valence-corrected chi connectivity index (χ4v) is 2.55. The van der Waals surface area contributed by atoms with Gasteiger partial charge in [-0.1, -0.05) is 19.3 Å². The Bertz CT molecular complexity index is 609. The van der Waals surface area contributed by atoms with Crippen LogP contribution in [0.1, 0.15) is 32.1 Å². The molecule has 9 heteroatoms. The lowest BCUT2D eigenvalue weighted by molar-refractivity contribution is -0.387. The number of aromatic amines is 1. The molecule has 1 fully saturated rings. The molecule has 0 spiro atoms. The molecule has 0 bridgehead atoms. The van der Waals surface area contributed by atoms with Gasteiger partial charge in [0.2, 0.25) is 0 Å². The molecule has 1 amide bonds. The quantitative estimate of drug-likeness (QED) is 0.636. The van der Waals surface area contributed by atoms with Crippen LogP contribution in [0.2, 0.25) is 0 Å². The van der Waals surface area contributed by atoms with E-state index in [1.165, 1.54) is 6.42 Å². The van der Waals surface area contributed by atoms with E-state index in [4.69, 9.17) is 4.74 Å². The first-order chi connectivity index (χ1) is 10.5. The van der Waals surface area contributed by atoms with Crippen molar-refractivity contribution in [3.8, 4) is 5.88 Å². The number of aromatic nitrogens is 2. The Kier molecular flexibility index (Phi) is 5.08. The molecular formula is C13H18N4O5. The van der Waals surface area contributed by atoms with E-state index in [-0.39, 0.29) is 18.6 Å². The standard InChI is InChI=1S/C13H18N4O5/c1-16(9-5-3-2-4-6-9)10(18)7-22-13-11(17(20)21)12(19)14-8-15-13/h8-9H,2-7H2,1H3,(H,14,15,19). The topological polar surface area (TPSA) is 118 Å². The van der Waals surface area contributed by atoms with Crippen molar-refractivity contribution in [1.82, 2.24) is 14.9 Å². The monoisotopic (exact) mass is 310 g/mol. The van der Waals surface area contributed by atoms with Crippen LogP contribution in [0.4, 0.5) is 5.69 Å². The summed E-state index contributed by atoms with van der Waals surface area (Å²) in [4.78, 5) is 40.8. The zero-order chi connectivity index (χ0) is 16.1. The summed E-state index contributed by atoms with van der Waals surface area (Å²) in [6, 6.07) is 0.173. The van der Waals surface area contributed by atoms with Crippen molar-refractivity contribution >= 4 is 11.6 Å². The van der Waals surface area contributed by atoms with E-state index in [0.717, 1.165) is 32.0 Å². The van der Waals surface area contributed by atoms with E-state index < -0.39 is 22.0 Å². The molecule has 0 aromatic carbocycles. The van der Waals surface area contributed by atoms with Gasteiger partial charge in [-0.25, -0.2) is 0 Å². The zero-order valence-electron chi connectivity index (χ0n) is 12.3. The van der Waals surface area contributed by atoms with E-state index in [1.54, 1.807) is 11.9 Å². The van der Waals surface area contributed by atoms with Crippen LogP contribution in [0, 0.1) is 10.1 Å². The van der Waals surface area contributed by atoms with Gasteiger partial charge in [-0.15, -0.1) is 0 Å². The van der Waals surface area contributed by atoms with Crippen LogP contribution in [-0.4, -0.2) is 45.4 Å². The molecule has 1 heterocycles. The zero-order valence-corrected chi connectivity index (χ0v) is 12.3. The highest BCUT2D eigenvalue weighted by Gasteiger charge is 2.25. The van der Waals surface area contributed by atoms with Crippen LogP contribution in [0.5, 0.6) is 5.88 Å². The summed E-state index contributed by atoms with van der Waals surface area (Å²) in [6.07, 6.45) is 6.25. The highest BCUT2D eigenvalue weighted by Crippen LogP contribution is 2.22. The molecule has 9 nitrogen and oxygen atoms in total. The van der Waals surface area contributed by atoms with Gasteiger partial charge in [-0.05, 0) is 12.8 Å². The minimum atomic E-state index is -0.914. The molecule has 1 N–H and O–H groups in total. The molecule has 0 aliphatic heterocycles. The second-order valence-corrected chi connectivity index (χ2v) is 5.23. The van der Waals surface area contributed by atoms with Crippen molar-refractivity contribution in [3.05, 3.63) is 26.8 Å². The Balaban J connectivity index is 2.00. The molecule has 1 aliphatic carbocycles. The minimum Gasteiger partial charge on any atom is -0.463 e. The number of nitro groups is 1. The Morgan fingerprint density at radius 3 is 2.82 bits per heavy atom. The molecule has 1 aliphatic rings. The van der Waals surface area contributed by atoms with Gasteiger partial charge < -0.3 is 14.6 Å². The number of hydrogen-bond donors (Lipinski definition) is 1. The van der Waals surface area contributed by atoms with Crippen LogP contribution < -0.4 is 10.3 Å². The Morgan fingerprint density at radius 2 is 2.18 bits per heavy atom. The predicted octanol–water partition coefficient (Wildman–Crippen LogP) is 0.848. The summed E-state index contributed by atoms with van der Waals surface area (Å²) in [5.41, 5.74) is -1.71. The number of nitrogens with zero attached hydrogens (tertiary/aromatic N) is 3. The highest BCUT2D eigenvalue weighted by molar-refractivity contribution is 5.77. The molecular weight excluding hydrogens is 292 g/mol. The van der Waals surface area contributed by atoms with Crippen LogP contribution in [0.15, 0.2) is 11.1 Å². The lowest BCUT2D eigenvalue weighted by atomic mass is 9.94. The SMILES string of the molecule is CN(C(=O)COc1nc[nH]c(=O)c1[N+](=O)[O-])C1CCCCC1. The van der Waals surface area contributed by atoms with Crippen LogP contribution in [-0.2, 0) is 4.79 Å². The maximum Gasteiger partial charge on any atom is 0.395 e. The van der Waals surface area contributed by atoms with Gasteiger partial charge in [-0.2, -0.15) is 4.98 Å². The van der Waals surface area contributed by atoms with Gasteiger partial charge >= 0.3 is 17.1 Å². The molecule has 120 valence electrons. The molecule has 1 saturated carbocycles. The summed E-state index contributed by atoms with van der Waals surface area (Å²) < 4.78 is 5.09. The predicted molar refractivity (Wildman–Crippen MR) is 76.7 cm³/mol. The maximum absolute atomic E-state index is 12.1. The first-order valence-electron chi connectivity index (χ1n) is 7.11. The lowest BCUT2D eigenvalue weighted by Gasteiger charge is -2.31. The minimum absolute atomic E-state index is 0.173. The second-order valence-electron chi connectivity index (χ2n) is 5.23. The number of likely N-dealkylation sites (N-methyl/N-ethyl adjacent to an activating group) is 1. The highest BCUT2D eigenvalue weighted by atomic mass is 16.6. The number of amides is 1. The third-order valence-electron chi connectivity index (χ3n) is 3.83. The van der Waals surface area contributed by atoms with Gasteiger partial charge in [0.25, 0.3) is 5.91 Å². The first kappa shape index (κ1) is 15.9. The average Bonchev–Trinajstić information content (AvgIpc) is 2.52. The summed E-state index contributed by atoms with van der Waals surface area (Å²) in [5, 5.41) is 10.8. The number of rotatable bonds is 5. The van der Waals surface area contributed by atoms with Crippen LogP contribution >= 0.6 is 0 Å². The fraction of sp³-hybridized carbons (Fsp3) is 0.615. The number of carbonyl (C=O) groups is 1. The summed E-state index contributed by atoms with van der Waals surface area (Å²) >= 11 is 0. The van der Waals surface area contributed by atoms with Crippen LogP contribution in [0.25, 0.3) is 0 Å². The Morgan fingerprint density at radius 1 is 1.50 bits per heavy atom. The Hall–Kier alpha value is -2.45. The van der Waals surface area contributed by atoms with Crippen molar-refractivity contribution < 1.29 is 14.5 Å². The average molecular weight is 310 g/mol. The summed E-state index contributed by atoms with van der Waals surface area (Å²) in [7, 11) is 1.70. The molecule has 0 atom stereocenters. The molecule has 1 aromatic heterocycles. The number of H-pyrrole nitrogens is 1. The first-order valence-corrected chi connectivity index (χ1v) is 7.11. The van der Waals surface area contributed by atoms with E-state index in [1.807, 2.05) is 0 Å². The largest absolute Gasteiger partial charge is 0.463 e. The number of ether oxygens (including phenoxy) is 1. The maximum atomic E-state index is 12.1. The van der Waals surface area contributed by atoms with Crippen molar-refractivity contribution in [2.75, 3.05) is 13.7 Å². The van der Waals surface area contributed by atoms with Crippen molar-refractivity contribution in [2.45, 2.75) is 38.1 Å². The van der Waals surface area contributed by atoms with Gasteiger partial charge in [0.05, 0.1) is 11.3 Å². The number of carbonyl (C=O) groups excluding carboxylic acids is 1. The van der Waals surface area contributed by atoms with Crippen molar-refractivity contribution in [3.63, 3.8) is 0 Å². The molecule has 0 radical (unpaired) electrons. The van der Waals surface area contributed by atoms with E-state index in [9.17, 15) is 19.7 Å². The molecule has 0 unspecified atom stereocenters. The molecule has 1 aromatic rings. The van der Waals surface area contributed by atoms with Crippen LogP contribution in [0.3, 0.4) is 0 Å². The molecule has 0 saturated heterocycles. The van der Waals surface area contributed by atoms with Crippen molar-refractivity contribution in [1.29, 1.82) is 0 Å². The van der Waals surface area contributed by atoms with E-state index in [2.05, 4.69) is 9.97 Å². The van der Waals surface area contributed by atoms with Gasteiger partial charge in [0.15, 0.2) is 6.61 Å². The Labute approximate surface area is 126 Å². The number of hydrogen-bond acceptors (Lipinski definition) is 6. The summed E-state index contributed by atoms with van der Waals surface area (Å²) in [6.45, 7) is -0.385. The lowest BCUT2D eigenvalue weighted by Crippen LogP contribution is -2.41. The van der Waals surface area contributed by atoms with Crippen molar-refractivity contribution in [2.24, 2.45) is 0 Å². The normalized spacial score (nSPS) is 15.3. The molecule has 22 heavy (non-hydrogen) atoms. The van der Waals surface area contributed by atoms with Gasteiger partial charge in [0.1, 0.15) is 0 Å². The number of nitrogens with one attached hydrogen (secondary N) is 1. The third-order valence-corrected chi connectivity index (χ3v) is 3.83. The third kappa shape index (κ3) is 3.60. The second kappa shape index (κ2) is 7.01. The van der Waals surface area contributed by atoms with E-state index in [0.29, 0.717) is 0 Å². The summed E-state index contributed by atoms with van der Waals surface area (Å²) in [5.74, 6) is -0.734. The van der Waals surface area contributed by atoms with E-state index >= 15 is 0 Å².